The lowest BCUT2D eigenvalue weighted by atomic mass is 10.1. The molecule has 0 spiro atoms. The maximum atomic E-state index is 13.3. The van der Waals surface area contributed by atoms with Crippen LogP contribution in [-0.4, -0.2) is 0 Å². The summed E-state index contributed by atoms with van der Waals surface area (Å²) in [5.41, 5.74) is -0.0358. The lowest BCUT2D eigenvalue weighted by Crippen LogP contribution is -2.08. The average molecular weight is 331 g/mol. The van der Waals surface area contributed by atoms with Crippen molar-refractivity contribution in [1.82, 2.24) is 0 Å². The number of rotatable bonds is 1. The quantitative estimate of drug-likeness (QED) is 0.577. The Morgan fingerprint density at radius 1 is 0.933 bits per heavy atom. The van der Waals surface area contributed by atoms with Gasteiger partial charge in [-0.1, -0.05) is 87.8 Å². The molecule has 0 bridgehead atoms. The van der Waals surface area contributed by atoms with E-state index in [0.29, 0.717) is 0 Å². The van der Waals surface area contributed by atoms with Crippen molar-refractivity contribution in [2.75, 3.05) is 0 Å². The standard InChI is InChI=1S/C8H3Cl6F/c9-6-4(7(10,11)12)2-1-3-5(6)8(13,14)15/h1-3H. The van der Waals surface area contributed by atoms with Gasteiger partial charge in [0.1, 0.15) is 0 Å². The summed E-state index contributed by atoms with van der Waals surface area (Å²) in [6, 6.07) is 4.19. The summed E-state index contributed by atoms with van der Waals surface area (Å²) in [7, 11) is 0. The van der Waals surface area contributed by atoms with Crippen LogP contribution in [0.4, 0.5) is 4.39 Å². The number of alkyl halides is 6. The first-order chi connectivity index (χ1) is 6.64. The number of benzene rings is 1. The van der Waals surface area contributed by atoms with E-state index in [2.05, 4.69) is 0 Å². The SMILES string of the molecule is FC(Cl)(Cl)c1cccc(C(Cl)(Cl)Cl)c1Cl. The Labute approximate surface area is 116 Å². The van der Waals surface area contributed by atoms with Gasteiger partial charge >= 0.3 is 0 Å². The first-order valence-corrected chi connectivity index (χ1v) is 5.83. The van der Waals surface area contributed by atoms with E-state index in [-0.39, 0.29) is 16.1 Å². The second-order valence-corrected chi connectivity index (χ2v) is 6.56. The second kappa shape index (κ2) is 4.64. The van der Waals surface area contributed by atoms with E-state index >= 15 is 0 Å². The first kappa shape index (κ1) is 14.0. The molecule has 0 aliphatic rings. The molecule has 0 N–H and O–H groups in total. The Morgan fingerprint density at radius 2 is 1.40 bits per heavy atom. The van der Waals surface area contributed by atoms with Crippen molar-refractivity contribution in [1.29, 1.82) is 0 Å². The Kier molecular flexibility index (Phi) is 4.31. The predicted molar refractivity (Wildman–Crippen MR) is 65.2 cm³/mol. The van der Waals surface area contributed by atoms with Gasteiger partial charge in [-0.2, -0.15) is 0 Å². The normalized spacial score (nSPS) is 13.0. The van der Waals surface area contributed by atoms with Crippen LogP contribution in [0.2, 0.25) is 5.02 Å². The van der Waals surface area contributed by atoms with Gasteiger partial charge in [-0.25, -0.2) is 4.39 Å². The van der Waals surface area contributed by atoms with Crippen molar-refractivity contribution in [3.8, 4) is 0 Å². The van der Waals surface area contributed by atoms with Gasteiger partial charge in [0, 0.05) is 11.1 Å². The van der Waals surface area contributed by atoms with Gasteiger partial charge < -0.3 is 0 Å². The summed E-state index contributed by atoms with van der Waals surface area (Å²) in [6.07, 6.45) is 0. The van der Waals surface area contributed by atoms with Crippen molar-refractivity contribution in [3.63, 3.8) is 0 Å². The summed E-state index contributed by atoms with van der Waals surface area (Å²) in [6.45, 7) is 0. The molecule has 0 saturated heterocycles. The van der Waals surface area contributed by atoms with Crippen molar-refractivity contribution in [2.24, 2.45) is 0 Å². The monoisotopic (exact) mass is 328 g/mol. The molecule has 0 fully saturated rings. The third-order valence-electron chi connectivity index (χ3n) is 1.61. The molecule has 84 valence electrons. The van der Waals surface area contributed by atoms with Gasteiger partial charge in [0.2, 0.25) is 3.79 Å². The van der Waals surface area contributed by atoms with Crippen LogP contribution in [0.5, 0.6) is 0 Å². The van der Waals surface area contributed by atoms with Crippen LogP contribution in [-0.2, 0) is 8.38 Å². The Balaban J connectivity index is 3.37. The van der Waals surface area contributed by atoms with Crippen molar-refractivity contribution in [2.45, 2.75) is 8.38 Å². The molecule has 15 heavy (non-hydrogen) atoms. The van der Waals surface area contributed by atoms with Crippen LogP contribution in [0, 0.1) is 0 Å². The Bertz CT molecular complexity index is 332. The lowest BCUT2D eigenvalue weighted by molar-refractivity contribution is 0.405. The molecule has 1 aromatic carbocycles. The third-order valence-corrected chi connectivity index (χ3v) is 3.03. The highest BCUT2D eigenvalue weighted by Gasteiger charge is 2.33. The van der Waals surface area contributed by atoms with Crippen LogP contribution in [0.25, 0.3) is 0 Å². The van der Waals surface area contributed by atoms with Crippen LogP contribution in [0.1, 0.15) is 11.1 Å². The fraction of sp³-hybridized carbons (Fsp3) is 0.250. The predicted octanol–water partition coefficient (Wildman–Crippen LogP) is 5.72. The van der Waals surface area contributed by atoms with Gasteiger partial charge in [-0.05, 0) is 0 Å². The van der Waals surface area contributed by atoms with E-state index in [1.165, 1.54) is 18.2 Å². The Hall–Kier alpha value is 0.890. The molecule has 0 radical (unpaired) electrons. The van der Waals surface area contributed by atoms with Gasteiger partial charge in [0.25, 0.3) is 4.59 Å². The molecular weight excluding hydrogens is 328 g/mol. The zero-order valence-corrected chi connectivity index (χ0v) is 11.4. The molecule has 0 aliphatic heterocycles. The highest BCUT2D eigenvalue weighted by molar-refractivity contribution is 6.67. The largest absolute Gasteiger partial charge is 0.284 e. The molecule has 7 heteroatoms. The smallest absolute Gasteiger partial charge is 0.202 e. The molecule has 1 aromatic rings. The molecule has 0 saturated carbocycles. The summed E-state index contributed by atoms with van der Waals surface area (Å²) < 4.78 is 8.89. The van der Waals surface area contributed by atoms with E-state index < -0.39 is 8.38 Å². The van der Waals surface area contributed by atoms with Crippen molar-refractivity contribution < 1.29 is 4.39 Å². The van der Waals surface area contributed by atoms with Gasteiger partial charge in [-0.3, -0.25) is 0 Å². The molecule has 0 heterocycles. The maximum Gasteiger partial charge on any atom is 0.284 e. The summed E-state index contributed by atoms with van der Waals surface area (Å²) in [5, 5.41) is -0.106. The fourth-order valence-electron chi connectivity index (χ4n) is 0.970. The number of halogens is 7. The highest BCUT2D eigenvalue weighted by Crippen LogP contribution is 2.47. The minimum Gasteiger partial charge on any atom is -0.202 e. The van der Waals surface area contributed by atoms with E-state index in [0.717, 1.165) is 0 Å². The van der Waals surface area contributed by atoms with E-state index in [1.54, 1.807) is 0 Å². The Morgan fingerprint density at radius 3 is 1.80 bits per heavy atom. The van der Waals surface area contributed by atoms with Crippen LogP contribution < -0.4 is 0 Å². The zero-order valence-electron chi connectivity index (χ0n) is 6.88. The minimum atomic E-state index is -2.62. The first-order valence-electron chi connectivity index (χ1n) is 3.57. The highest BCUT2D eigenvalue weighted by atomic mass is 35.6. The van der Waals surface area contributed by atoms with Crippen molar-refractivity contribution >= 4 is 69.6 Å². The number of hydrogen-bond acceptors (Lipinski definition) is 0. The van der Waals surface area contributed by atoms with E-state index in [1.807, 2.05) is 0 Å². The summed E-state index contributed by atoms with van der Waals surface area (Å²) in [4.78, 5) is 0. The maximum absolute atomic E-state index is 13.3. The van der Waals surface area contributed by atoms with Gasteiger partial charge in [0.15, 0.2) is 0 Å². The van der Waals surface area contributed by atoms with E-state index in [9.17, 15) is 4.39 Å². The zero-order chi connectivity index (χ0) is 11.9. The molecule has 1 rings (SSSR count). The third kappa shape index (κ3) is 3.42. The molecule has 0 aromatic heterocycles. The molecular formula is C8H3Cl6F. The lowest BCUT2D eigenvalue weighted by Gasteiger charge is -2.18. The molecule has 0 amide bonds. The average Bonchev–Trinajstić information content (AvgIpc) is 1.99. The molecule has 0 nitrogen and oxygen atoms in total. The molecule has 0 atom stereocenters. The topological polar surface area (TPSA) is 0 Å². The van der Waals surface area contributed by atoms with Gasteiger partial charge in [-0.15, -0.1) is 0 Å². The minimum absolute atomic E-state index is 0.106. The molecule has 0 aliphatic carbocycles. The van der Waals surface area contributed by atoms with Crippen LogP contribution >= 0.6 is 69.6 Å². The van der Waals surface area contributed by atoms with Crippen LogP contribution in [0.3, 0.4) is 0 Å². The fourth-order valence-corrected chi connectivity index (χ4v) is 2.40. The van der Waals surface area contributed by atoms with E-state index in [4.69, 9.17) is 69.6 Å². The second-order valence-electron chi connectivity index (χ2n) is 2.66. The number of hydrogen-bond donors (Lipinski definition) is 0. The molecule has 0 unspecified atom stereocenters. The van der Waals surface area contributed by atoms with Crippen LogP contribution in [0.15, 0.2) is 18.2 Å². The summed E-state index contributed by atoms with van der Waals surface area (Å²) in [5.74, 6) is 0. The van der Waals surface area contributed by atoms with Gasteiger partial charge in [0.05, 0.1) is 5.02 Å². The van der Waals surface area contributed by atoms with Crippen molar-refractivity contribution in [3.05, 3.63) is 34.3 Å². The summed E-state index contributed by atoms with van der Waals surface area (Å²) >= 11 is 33.2.